The van der Waals surface area contributed by atoms with Crippen molar-refractivity contribution in [3.05, 3.63) is 96.3 Å². The van der Waals surface area contributed by atoms with Gasteiger partial charge in [0.25, 0.3) is 0 Å². The molecule has 29 heavy (non-hydrogen) atoms. The highest BCUT2D eigenvalue weighted by molar-refractivity contribution is 6.01. The van der Waals surface area contributed by atoms with Gasteiger partial charge in [0.2, 0.25) is 0 Å². The van der Waals surface area contributed by atoms with Gasteiger partial charge in [0.05, 0.1) is 11.9 Å². The Morgan fingerprint density at radius 1 is 0.897 bits per heavy atom. The standard InChI is InChI=1S/C24H20N2O3/c27-23(21-12-11-19-6-4-5-7-20(19)14-21)17-29-24(28)13-10-18-15-25-26(16-18)22-8-2-1-3-9-22/h1-9,11-12,14-16H,10,13,17H2. The van der Waals surface area contributed by atoms with Gasteiger partial charge in [-0.2, -0.15) is 5.10 Å². The molecular formula is C24H20N2O3. The molecule has 3 aromatic carbocycles. The molecule has 4 aromatic rings. The van der Waals surface area contributed by atoms with Gasteiger partial charge in [-0.05, 0) is 41.0 Å². The van der Waals surface area contributed by atoms with Crippen molar-refractivity contribution in [2.75, 3.05) is 6.61 Å². The van der Waals surface area contributed by atoms with Gasteiger partial charge in [0, 0.05) is 18.2 Å². The summed E-state index contributed by atoms with van der Waals surface area (Å²) in [6.07, 6.45) is 4.34. The highest BCUT2D eigenvalue weighted by Crippen LogP contribution is 2.16. The van der Waals surface area contributed by atoms with E-state index in [1.807, 2.05) is 72.9 Å². The van der Waals surface area contributed by atoms with Crippen molar-refractivity contribution in [1.29, 1.82) is 0 Å². The van der Waals surface area contributed by atoms with Crippen LogP contribution in [0.4, 0.5) is 0 Å². The van der Waals surface area contributed by atoms with Crippen LogP contribution in [-0.4, -0.2) is 28.1 Å². The second kappa shape index (κ2) is 8.52. The second-order valence-corrected chi connectivity index (χ2v) is 6.77. The Labute approximate surface area is 168 Å². The average molecular weight is 384 g/mol. The van der Waals surface area contributed by atoms with E-state index < -0.39 is 5.97 Å². The molecule has 5 nitrogen and oxygen atoms in total. The molecule has 1 heterocycles. The first-order valence-corrected chi connectivity index (χ1v) is 9.46. The van der Waals surface area contributed by atoms with Crippen LogP contribution < -0.4 is 0 Å². The summed E-state index contributed by atoms with van der Waals surface area (Å²) in [5.41, 5.74) is 2.44. The summed E-state index contributed by atoms with van der Waals surface area (Å²) in [6.45, 7) is -0.250. The molecule has 1 aromatic heterocycles. The molecule has 0 unspecified atom stereocenters. The fraction of sp³-hybridized carbons (Fsp3) is 0.125. The predicted octanol–water partition coefficient (Wildman–Crippen LogP) is 4.38. The monoisotopic (exact) mass is 384 g/mol. The summed E-state index contributed by atoms with van der Waals surface area (Å²) in [6, 6.07) is 23.1. The number of ether oxygens (including phenoxy) is 1. The average Bonchev–Trinajstić information content (AvgIpc) is 3.25. The van der Waals surface area contributed by atoms with Crippen LogP contribution in [0.1, 0.15) is 22.3 Å². The van der Waals surface area contributed by atoms with Crippen molar-refractivity contribution in [2.24, 2.45) is 0 Å². The summed E-state index contributed by atoms with van der Waals surface area (Å²) >= 11 is 0. The van der Waals surface area contributed by atoms with Crippen molar-refractivity contribution in [3.8, 4) is 5.69 Å². The molecule has 0 aliphatic carbocycles. The van der Waals surface area contributed by atoms with E-state index in [-0.39, 0.29) is 18.8 Å². The Balaban J connectivity index is 1.28. The summed E-state index contributed by atoms with van der Waals surface area (Å²) in [5.74, 6) is -0.604. The molecule has 4 rings (SSSR count). The maximum atomic E-state index is 12.3. The first kappa shape index (κ1) is 18.6. The van der Waals surface area contributed by atoms with E-state index in [0.29, 0.717) is 12.0 Å². The zero-order chi connectivity index (χ0) is 20.1. The number of fused-ring (bicyclic) bond motifs is 1. The Morgan fingerprint density at radius 3 is 2.48 bits per heavy atom. The van der Waals surface area contributed by atoms with Crippen molar-refractivity contribution in [1.82, 2.24) is 9.78 Å². The first-order chi connectivity index (χ1) is 14.2. The molecule has 0 fully saturated rings. The molecule has 0 radical (unpaired) electrons. The summed E-state index contributed by atoms with van der Waals surface area (Å²) in [7, 11) is 0. The molecule has 0 atom stereocenters. The summed E-state index contributed by atoms with van der Waals surface area (Å²) in [4.78, 5) is 24.4. The van der Waals surface area contributed by atoms with Gasteiger partial charge >= 0.3 is 5.97 Å². The molecule has 144 valence electrons. The number of carbonyl (C=O) groups is 2. The van der Waals surface area contributed by atoms with E-state index in [4.69, 9.17) is 4.74 Å². The maximum absolute atomic E-state index is 12.3. The van der Waals surface area contributed by atoms with Gasteiger partial charge in [-0.25, -0.2) is 4.68 Å². The molecule has 0 amide bonds. The van der Waals surface area contributed by atoms with Crippen LogP contribution in [-0.2, 0) is 16.0 Å². The minimum atomic E-state index is -0.397. The molecule has 0 aliphatic heterocycles. The van der Waals surface area contributed by atoms with Crippen LogP contribution >= 0.6 is 0 Å². The van der Waals surface area contributed by atoms with Crippen LogP contribution in [0.15, 0.2) is 85.2 Å². The zero-order valence-corrected chi connectivity index (χ0v) is 15.8. The fourth-order valence-electron chi connectivity index (χ4n) is 3.12. The van der Waals surface area contributed by atoms with E-state index in [1.54, 1.807) is 16.9 Å². The van der Waals surface area contributed by atoms with Gasteiger partial charge in [-0.3, -0.25) is 9.59 Å². The normalized spacial score (nSPS) is 10.8. The molecule has 0 saturated carbocycles. The first-order valence-electron chi connectivity index (χ1n) is 9.46. The SMILES string of the molecule is O=C(CCc1cnn(-c2ccccc2)c1)OCC(=O)c1ccc2ccccc2c1. The molecule has 0 aliphatic rings. The lowest BCUT2D eigenvalue weighted by Gasteiger charge is -2.05. The van der Waals surface area contributed by atoms with E-state index in [0.717, 1.165) is 22.0 Å². The number of hydrogen-bond acceptors (Lipinski definition) is 4. The third-order valence-corrected chi connectivity index (χ3v) is 4.71. The van der Waals surface area contributed by atoms with Crippen LogP contribution in [0.5, 0.6) is 0 Å². The van der Waals surface area contributed by atoms with Gasteiger partial charge < -0.3 is 4.74 Å². The van der Waals surface area contributed by atoms with Crippen LogP contribution in [0.2, 0.25) is 0 Å². The number of aromatic nitrogens is 2. The van der Waals surface area contributed by atoms with Gasteiger partial charge in [-0.15, -0.1) is 0 Å². The van der Waals surface area contributed by atoms with Gasteiger partial charge in [0.15, 0.2) is 12.4 Å². The Kier molecular flexibility index (Phi) is 5.47. The number of carbonyl (C=O) groups excluding carboxylic acids is 2. The second-order valence-electron chi connectivity index (χ2n) is 6.77. The third kappa shape index (κ3) is 4.58. The minimum absolute atomic E-state index is 0.200. The van der Waals surface area contributed by atoms with Crippen LogP contribution in [0, 0.1) is 0 Å². The smallest absolute Gasteiger partial charge is 0.306 e. The summed E-state index contributed by atoms with van der Waals surface area (Å²) < 4.78 is 6.94. The van der Waals surface area contributed by atoms with Crippen molar-refractivity contribution >= 4 is 22.5 Å². The Hall–Kier alpha value is -3.73. The highest BCUT2D eigenvalue weighted by atomic mass is 16.5. The minimum Gasteiger partial charge on any atom is -0.457 e. The topological polar surface area (TPSA) is 61.2 Å². The largest absolute Gasteiger partial charge is 0.457 e. The molecule has 5 heteroatoms. The van der Waals surface area contributed by atoms with Crippen molar-refractivity contribution < 1.29 is 14.3 Å². The van der Waals surface area contributed by atoms with Crippen LogP contribution in [0.3, 0.4) is 0 Å². The maximum Gasteiger partial charge on any atom is 0.306 e. The predicted molar refractivity (Wildman–Crippen MR) is 111 cm³/mol. The quantitative estimate of drug-likeness (QED) is 0.350. The molecular weight excluding hydrogens is 364 g/mol. The Bertz CT molecular complexity index is 1150. The van der Waals surface area contributed by atoms with E-state index in [2.05, 4.69) is 5.10 Å². The van der Waals surface area contributed by atoms with E-state index >= 15 is 0 Å². The molecule has 0 spiro atoms. The number of para-hydroxylation sites is 1. The van der Waals surface area contributed by atoms with E-state index in [1.165, 1.54) is 0 Å². The number of aryl methyl sites for hydroxylation is 1. The number of benzene rings is 3. The van der Waals surface area contributed by atoms with Crippen LogP contribution in [0.25, 0.3) is 16.5 Å². The summed E-state index contributed by atoms with van der Waals surface area (Å²) in [5, 5.41) is 6.37. The van der Waals surface area contributed by atoms with Crippen molar-refractivity contribution in [2.45, 2.75) is 12.8 Å². The number of Topliss-reactive ketones (excluding diaryl/α,β-unsaturated/α-hetero) is 1. The number of esters is 1. The lowest BCUT2D eigenvalue weighted by Crippen LogP contribution is -2.14. The van der Waals surface area contributed by atoms with Gasteiger partial charge in [0.1, 0.15) is 0 Å². The molecule has 0 N–H and O–H groups in total. The van der Waals surface area contributed by atoms with Crippen molar-refractivity contribution in [3.63, 3.8) is 0 Å². The highest BCUT2D eigenvalue weighted by Gasteiger charge is 2.11. The number of hydrogen-bond donors (Lipinski definition) is 0. The zero-order valence-electron chi connectivity index (χ0n) is 15.8. The lowest BCUT2D eigenvalue weighted by atomic mass is 10.0. The number of nitrogens with zero attached hydrogens (tertiary/aromatic N) is 2. The number of ketones is 1. The van der Waals surface area contributed by atoms with E-state index in [9.17, 15) is 9.59 Å². The number of rotatable bonds is 7. The fourth-order valence-corrected chi connectivity index (χ4v) is 3.12. The molecule has 0 bridgehead atoms. The van der Waals surface area contributed by atoms with Gasteiger partial charge in [-0.1, -0.05) is 54.6 Å². The Morgan fingerprint density at radius 2 is 1.66 bits per heavy atom. The molecule has 0 saturated heterocycles. The lowest BCUT2D eigenvalue weighted by molar-refractivity contribution is -0.142. The third-order valence-electron chi connectivity index (χ3n) is 4.71.